The third-order valence-corrected chi connectivity index (χ3v) is 5.11. The van der Waals surface area contributed by atoms with Gasteiger partial charge in [-0.3, -0.25) is 9.52 Å². The van der Waals surface area contributed by atoms with Crippen molar-refractivity contribution in [1.29, 1.82) is 0 Å². The number of rotatable bonds is 6. The van der Waals surface area contributed by atoms with Crippen molar-refractivity contribution in [2.24, 2.45) is 0 Å². The van der Waals surface area contributed by atoms with E-state index in [4.69, 9.17) is 5.11 Å². The molecule has 0 aliphatic carbocycles. The molecule has 10 heteroatoms. The van der Waals surface area contributed by atoms with Gasteiger partial charge >= 0.3 is 5.97 Å². The van der Waals surface area contributed by atoms with Gasteiger partial charge in [0.15, 0.2) is 0 Å². The molecule has 0 heterocycles. The van der Waals surface area contributed by atoms with E-state index in [0.717, 1.165) is 7.11 Å². The van der Waals surface area contributed by atoms with E-state index in [-0.39, 0.29) is 16.1 Å². The van der Waals surface area contributed by atoms with Crippen LogP contribution in [0.4, 0.5) is 11.4 Å². The lowest BCUT2D eigenvalue weighted by Gasteiger charge is -2.13. The zero-order valence-corrected chi connectivity index (χ0v) is 15.9. The van der Waals surface area contributed by atoms with Crippen LogP contribution in [0.3, 0.4) is 0 Å². The number of amides is 1. The van der Waals surface area contributed by atoms with Crippen LogP contribution in [0.25, 0.3) is 0 Å². The van der Waals surface area contributed by atoms with Crippen LogP contribution in [0.2, 0.25) is 0 Å². The van der Waals surface area contributed by atoms with E-state index in [2.05, 4.69) is 30.7 Å². The summed E-state index contributed by atoms with van der Waals surface area (Å²) in [7, 11) is -2.95. The molecule has 26 heavy (non-hydrogen) atoms. The number of benzene rings is 2. The molecule has 0 fully saturated rings. The molecular formula is C16H15BrN2O6S. The standard InChI is InChI=1S/C16H15BrN2O6S/c1-25-16(22)13-7-10(17)5-6-14(13)26(23,24)19-12-4-2-3-11(8-12)18-15(21)9-20/h2-8,19-20H,9H2,1H3,(H,18,21). The van der Waals surface area contributed by atoms with Gasteiger partial charge in [0.1, 0.15) is 11.5 Å². The zero-order chi connectivity index (χ0) is 19.3. The summed E-state index contributed by atoms with van der Waals surface area (Å²) >= 11 is 3.18. The molecule has 0 spiro atoms. The Hall–Kier alpha value is -2.43. The summed E-state index contributed by atoms with van der Waals surface area (Å²) in [6.07, 6.45) is 0. The summed E-state index contributed by atoms with van der Waals surface area (Å²) in [5.41, 5.74) is 0.340. The van der Waals surface area contributed by atoms with Gasteiger partial charge in [0.2, 0.25) is 5.91 Å². The summed E-state index contributed by atoms with van der Waals surface area (Å²) in [5, 5.41) is 11.2. The lowest BCUT2D eigenvalue weighted by molar-refractivity contribution is -0.118. The Bertz CT molecular complexity index is 946. The summed E-state index contributed by atoms with van der Waals surface area (Å²) in [4.78, 5) is 22.9. The molecule has 0 atom stereocenters. The average Bonchev–Trinajstić information content (AvgIpc) is 2.60. The van der Waals surface area contributed by atoms with Crippen molar-refractivity contribution < 1.29 is 27.9 Å². The summed E-state index contributed by atoms with van der Waals surface area (Å²) in [6, 6.07) is 10.0. The quantitative estimate of drug-likeness (QED) is 0.587. The second-order valence-corrected chi connectivity index (χ2v) is 7.59. The predicted molar refractivity (Wildman–Crippen MR) is 98.4 cm³/mol. The normalized spacial score (nSPS) is 10.9. The molecule has 0 unspecified atom stereocenters. The Labute approximate surface area is 158 Å². The second kappa shape index (κ2) is 8.30. The molecule has 0 aliphatic rings. The van der Waals surface area contributed by atoms with E-state index in [1.807, 2.05) is 0 Å². The Morgan fingerprint density at radius 1 is 1.15 bits per heavy atom. The zero-order valence-electron chi connectivity index (χ0n) is 13.5. The average molecular weight is 443 g/mol. The van der Waals surface area contributed by atoms with Gasteiger partial charge < -0.3 is 15.2 Å². The van der Waals surface area contributed by atoms with Crippen LogP contribution in [0.5, 0.6) is 0 Å². The maximum absolute atomic E-state index is 12.7. The number of aliphatic hydroxyl groups is 1. The Morgan fingerprint density at radius 2 is 1.85 bits per heavy atom. The highest BCUT2D eigenvalue weighted by atomic mass is 79.9. The molecule has 138 valence electrons. The van der Waals surface area contributed by atoms with Crippen molar-refractivity contribution in [3.8, 4) is 0 Å². The van der Waals surface area contributed by atoms with Gasteiger partial charge in [0, 0.05) is 10.2 Å². The lowest BCUT2D eigenvalue weighted by atomic mass is 10.2. The number of halogens is 1. The van der Waals surface area contributed by atoms with Gasteiger partial charge in [-0.2, -0.15) is 0 Å². The van der Waals surface area contributed by atoms with Gasteiger partial charge in [-0.05, 0) is 36.4 Å². The first-order valence-electron chi connectivity index (χ1n) is 7.18. The van der Waals surface area contributed by atoms with Crippen molar-refractivity contribution in [3.63, 3.8) is 0 Å². The number of carbonyl (C=O) groups is 2. The van der Waals surface area contributed by atoms with Crippen LogP contribution in [-0.2, 0) is 19.6 Å². The number of aliphatic hydroxyl groups excluding tert-OH is 1. The van der Waals surface area contributed by atoms with Crippen molar-refractivity contribution in [2.75, 3.05) is 23.8 Å². The van der Waals surface area contributed by atoms with E-state index in [1.165, 1.54) is 42.5 Å². The lowest BCUT2D eigenvalue weighted by Crippen LogP contribution is -2.18. The summed E-state index contributed by atoms with van der Waals surface area (Å²) < 4.78 is 32.9. The van der Waals surface area contributed by atoms with E-state index >= 15 is 0 Å². The van der Waals surface area contributed by atoms with Crippen LogP contribution < -0.4 is 10.0 Å². The first-order valence-corrected chi connectivity index (χ1v) is 9.46. The van der Waals surface area contributed by atoms with E-state index in [9.17, 15) is 18.0 Å². The number of sulfonamides is 1. The number of methoxy groups -OCH3 is 1. The maximum atomic E-state index is 12.7. The highest BCUT2D eigenvalue weighted by Gasteiger charge is 2.23. The van der Waals surface area contributed by atoms with Crippen LogP contribution in [0, 0.1) is 0 Å². The van der Waals surface area contributed by atoms with Crippen LogP contribution in [0.15, 0.2) is 51.8 Å². The second-order valence-electron chi connectivity index (χ2n) is 5.02. The fraction of sp³-hybridized carbons (Fsp3) is 0.125. The minimum absolute atomic E-state index is 0.126. The van der Waals surface area contributed by atoms with Gasteiger partial charge in [0.05, 0.1) is 18.4 Å². The number of hydrogen-bond acceptors (Lipinski definition) is 6. The maximum Gasteiger partial charge on any atom is 0.339 e. The number of hydrogen-bond donors (Lipinski definition) is 3. The highest BCUT2D eigenvalue weighted by Crippen LogP contribution is 2.25. The minimum atomic E-state index is -4.10. The van der Waals surface area contributed by atoms with Gasteiger partial charge in [-0.1, -0.05) is 22.0 Å². The van der Waals surface area contributed by atoms with Crippen LogP contribution >= 0.6 is 15.9 Å². The Kier molecular flexibility index (Phi) is 6.35. The SMILES string of the molecule is COC(=O)c1cc(Br)ccc1S(=O)(=O)Nc1cccc(NC(=O)CO)c1. The van der Waals surface area contributed by atoms with Gasteiger partial charge in [0.25, 0.3) is 10.0 Å². The summed E-state index contributed by atoms with van der Waals surface area (Å²) in [6.45, 7) is -0.697. The first-order chi connectivity index (χ1) is 12.3. The number of anilines is 2. The van der Waals surface area contributed by atoms with E-state index < -0.39 is 28.5 Å². The number of carbonyl (C=O) groups excluding carboxylic acids is 2. The first kappa shape index (κ1) is 19.9. The molecule has 2 aromatic carbocycles. The monoisotopic (exact) mass is 442 g/mol. The van der Waals surface area contributed by atoms with E-state index in [1.54, 1.807) is 0 Å². The number of ether oxygens (including phenoxy) is 1. The Balaban J connectivity index is 2.37. The number of nitrogens with one attached hydrogen (secondary N) is 2. The minimum Gasteiger partial charge on any atom is -0.465 e. The third-order valence-electron chi connectivity index (χ3n) is 3.18. The molecule has 8 nitrogen and oxygen atoms in total. The molecule has 1 amide bonds. The molecule has 2 aromatic rings. The third kappa shape index (κ3) is 4.81. The van der Waals surface area contributed by atoms with Crippen molar-refractivity contribution in [2.45, 2.75) is 4.90 Å². The van der Waals surface area contributed by atoms with Crippen LogP contribution in [0.1, 0.15) is 10.4 Å². The fourth-order valence-corrected chi connectivity index (χ4v) is 3.66. The van der Waals surface area contributed by atoms with Crippen LogP contribution in [-0.4, -0.2) is 39.1 Å². The van der Waals surface area contributed by atoms with Gasteiger partial charge in [-0.25, -0.2) is 13.2 Å². The summed E-state index contributed by atoms with van der Waals surface area (Å²) in [5.74, 6) is -1.43. The van der Waals surface area contributed by atoms with E-state index in [0.29, 0.717) is 10.2 Å². The molecular weight excluding hydrogens is 428 g/mol. The molecule has 0 saturated heterocycles. The molecule has 0 aromatic heterocycles. The predicted octanol–water partition coefficient (Wildman–Crippen LogP) is 1.97. The molecule has 0 radical (unpaired) electrons. The molecule has 3 N–H and O–H groups in total. The Morgan fingerprint density at radius 3 is 2.50 bits per heavy atom. The number of esters is 1. The molecule has 0 saturated carbocycles. The topological polar surface area (TPSA) is 122 Å². The van der Waals surface area contributed by atoms with Crippen molar-refractivity contribution in [3.05, 3.63) is 52.5 Å². The van der Waals surface area contributed by atoms with Crippen molar-refractivity contribution >= 4 is 49.2 Å². The van der Waals surface area contributed by atoms with Gasteiger partial charge in [-0.15, -0.1) is 0 Å². The smallest absolute Gasteiger partial charge is 0.339 e. The molecule has 0 bridgehead atoms. The molecule has 0 aliphatic heterocycles. The highest BCUT2D eigenvalue weighted by molar-refractivity contribution is 9.10. The van der Waals surface area contributed by atoms with Crippen molar-refractivity contribution in [1.82, 2.24) is 0 Å². The molecule has 2 rings (SSSR count). The largest absolute Gasteiger partial charge is 0.465 e. The fourth-order valence-electron chi connectivity index (χ4n) is 2.08.